The zero-order chi connectivity index (χ0) is 21.8. The molecule has 0 bridgehead atoms. The molecule has 0 amide bonds. The highest BCUT2D eigenvalue weighted by molar-refractivity contribution is 5.62. The molecule has 0 aliphatic rings. The summed E-state index contributed by atoms with van der Waals surface area (Å²) in [5.74, 6) is 1.07. The van der Waals surface area contributed by atoms with E-state index in [0.29, 0.717) is 24.1 Å². The standard InChI is InChI=1S/C22H26N6O3/c1-14(2)19-10-24-28-20(19)26-21(25-18(11-29)12-30)27-22(28)23-9-15-3-5-16(6-4-15)17-7-8-31-13-17/h3-8,10,13-14,18,29-30H,9,11-12H2,1-2H3,(H2,23,25,26,27). The molecule has 1 aromatic carbocycles. The number of hydrogen-bond donors (Lipinski definition) is 4. The SMILES string of the molecule is CC(C)c1cnn2c(NCc3ccc(-c4ccoc4)cc3)nc(NC(CO)CO)nc12. The minimum absolute atomic E-state index is 0.229. The first-order valence-corrected chi connectivity index (χ1v) is 10.2. The number of furan rings is 1. The molecule has 4 aromatic rings. The molecule has 31 heavy (non-hydrogen) atoms. The zero-order valence-electron chi connectivity index (χ0n) is 17.5. The minimum atomic E-state index is -0.545. The average Bonchev–Trinajstić information content (AvgIpc) is 3.46. The van der Waals surface area contributed by atoms with Crippen LogP contribution in [-0.2, 0) is 6.54 Å². The van der Waals surface area contributed by atoms with E-state index in [1.54, 1.807) is 23.2 Å². The van der Waals surface area contributed by atoms with Crippen molar-refractivity contribution in [2.45, 2.75) is 32.4 Å². The molecule has 0 unspecified atom stereocenters. The normalized spacial score (nSPS) is 11.5. The molecule has 4 N–H and O–H groups in total. The van der Waals surface area contributed by atoms with E-state index in [2.05, 4.69) is 39.5 Å². The summed E-state index contributed by atoms with van der Waals surface area (Å²) < 4.78 is 6.82. The second-order valence-corrected chi connectivity index (χ2v) is 7.63. The number of rotatable bonds is 9. The summed E-state index contributed by atoms with van der Waals surface area (Å²) in [6.07, 6.45) is 5.17. The van der Waals surface area contributed by atoms with Crippen molar-refractivity contribution in [2.24, 2.45) is 0 Å². The first-order chi connectivity index (χ1) is 15.1. The van der Waals surface area contributed by atoms with Gasteiger partial charge in [0.15, 0.2) is 5.65 Å². The Kier molecular flexibility index (Phi) is 6.15. The maximum Gasteiger partial charge on any atom is 0.229 e. The molecule has 4 rings (SSSR count). The van der Waals surface area contributed by atoms with E-state index >= 15 is 0 Å². The van der Waals surface area contributed by atoms with Gasteiger partial charge in [-0.2, -0.15) is 19.6 Å². The van der Waals surface area contributed by atoms with Crippen LogP contribution in [0.5, 0.6) is 0 Å². The molecule has 0 atom stereocenters. The van der Waals surface area contributed by atoms with E-state index < -0.39 is 6.04 Å². The van der Waals surface area contributed by atoms with Gasteiger partial charge in [-0.25, -0.2) is 0 Å². The molecule has 0 saturated carbocycles. The van der Waals surface area contributed by atoms with E-state index in [-0.39, 0.29) is 19.1 Å². The Bertz CT molecular complexity index is 1120. The number of aromatic nitrogens is 4. The topological polar surface area (TPSA) is 121 Å². The second kappa shape index (κ2) is 9.15. The molecule has 0 radical (unpaired) electrons. The lowest BCUT2D eigenvalue weighted by Crippen LogP contribution is -2.29. The first kappa shape index (κ1) is 20.8. The van der Waals surface area contributed by atoms with Gasteiger partial charge in [0, 0.05) is 17.7 Å². The lowest BCUT2D eigenvalue weighted by molar-refractivity contribution is 0.203. The lowest BCUT2D eigenvalue weighted by Gasteiger charge is -2.15. The molecule has 9 heteroatoms. The van der Waals surface area contributed by atoms with Crippen LogP contribution in [0.2, 0.25) is 0 Å². The van der Waals surface area contributed by atoms with Gasteiger partial charge in [-0.15, -0.1) is 0 Å². The van der Waals surface area contributed by atoms with Gasteiger partial charge in [-0.05, 0) is 23.1 Å². The predicted octanol–water partition coefficient (Wildman–Crippen LogP) is 2.88. The van der Waals surface area contributed by atoms with Gasteiger partial charge in [0.25, 0.3) is 0 Å². The van der Waals surface area contributed by atoms with Gasteiger partial charge in [-0.1, -0.05) is 38.1 Å². The summed E-state index contributed by atoms with van der Waals surface area (Å²) in [6, 6.07) is 9.56. The van der Waals surface area contributed by atoms with E-state index in [1.165, 1.54) is 0 Å². The van der Waals surface area contributed by atoms with E-state index in [1.807, 2.05) is 30.3 Å². The van der Waals surface area contributed by atoms with E-state index in [4.69, 9.17) is 4.42 Å². The van der Waals surface area contributed by atoms with Crippen molar-refractivity contribution in [1.82, 2.24) is 19.6 Å². The molecule has 3 heterocycles. The van der Waals surface area contributed by atoms with E-state index in [0.717, 1.165) is 22.3 Å². The van der Waals surface area contributed by atoms with Crippen molar-refractivity contribution in [3.63, 3.8) is 0 Å². The molecule has 9 nitrogen and oxygen atoms in total. The second-order valence-electron chi connectivity index (χ2n) is 7.63. The molecule has 3 aromatic heterocycles. The van der Waals surface area contributed by atoms with Crippen molar-refractivity contribution in [2.75, 3.05) is 23.8 Å². The molecule has 0 fully saturated rings. The highest BCUT2D eigenvalue weighted by Crippen LogP contribution is 2.23. The van der Waals surface area contributed by atoms with Gasteiger partial charge in [0.1, 0.15) is 0 Å². The monoisotopic (exact) mass is 422 g/mol. The zero-order valence-corrected chi connectivity index (χ0v) is 17.5. The highest BCUT2D eigenvalue weighted by Gasteiger charge is 2.17. The Balaban J connectivity index is 1.59. The number of hydrogen-bond acceptors (Lipinski definition) is 8. The van der Waals surface area contributed by atoms with Crippen LogP contribution < -0.4 is 10.6 Å². The molecule has 162 valence electrons. The fourth-order valence-corrected chi connectivity index (χ4v) is 3.24. The van der Waals surface area contributed by atoms with Crippen LogP contribution in [0.25, 0.3) is 16.8 Å². The fraction of sp³-hybridized carbons (Fsp3) is 0.318. The Hall–Kier alpha value is -3.43. The predicted molar refractivity (Wildman–Crippen MR) is 118 cm³/mol. The third-order valence-electron chi connectivity index (χ3n) is 5.05. The quantitative estimate of drug-likeness (QED) is 0.325. The summed E-state index contributed by atoms with van der Waals surface area (Å²) in [4.78, 5) is 9.07. The van der Waals surface area contributed by atoms with Crippen LogP contribution in [-0.4, -0.2) is 49.1 Å². The van der Waals surface area contributed by atoms with Crippen LogP contribution in [0.15, 0.2) is 53.5 Å². The van der Waals surface area contributed by atoms with Crippen molar-refractivity contribution in [3.8, 4) is 11.1 Å². The Morgan fingerprint density at radius 3 is 2.45 bits per heavy atom. The number of aliphatic hydroxyl groups excluding tert-OH is 2. The van der Waals surface area contributed by atoms with Gasteiger partial charge in [0.2, 0.25) is 11.9 Å². The smallest absolute Gasteiger partial charge is 0.229 e. The van der Waals surface area contributed by atoms with Gasteiger partial charge < -0.3 is 25.3 Å². The summed E-state index contributed by atoms with van der Waals surface area (Å²) >= 11 is 0. The highest BCUT2D eigenvalue weighted by atomic mass is 16.3. The van der Waals surface area contributed by atoms with E-state index in [9.17, 15) is 10.2 Å². The molecular formula is C22H26N6O3. The van der Waals surface area contributed by atoms with Gasteiger partial charge >= 0.3 is 0 Å². The van der Waals surface area contributed by atoms with Crippen molar-refractivity contribution in [3.05, 3.63) is 60.2 Å². The molecular weight excluding hydrogens is 396 g/mol. The third-order valence-corrected chi connectivity index (χ3v) is 5.05. The molecule has 0 saturated heterocycles. The van der Waals surface area contributed by atoms with Crippen LogP contribution in [0.3, 0.4) is 0 Å². The number of benzene rings is 1. The van der Waals surface area contributed by atoms with Crippen molar-refractivity contribution < 1.29 is 14.6 Å². The number of nitrogens with zero attached hydrogens (tertiary/aromatic N) is 4. The van der Waals surface area contributed by atoms with Crippen LogP contribution >= 0.6 is 0 Å². The maximum absolute atomic E-state index is 9.40. The number of fused-ring (bicyclic) bond motifs is 1. The third kappa shape index (κ3) is 4.52. The maximum atomic E-state index is 9.40. The first-order valence-electron chi connectivity index (χ1n) is 10.2. The Morgan fingerprint density at radius 1 is 1.03 bits per heavy atom. The van der Waals surface area contributed by atoms with Gasteiger partial charge in [-0.3, -0.25) is 0 Å². The van der Waals surface area contributed by atoms with Crippen LogP contribution in [0.1, 0.15) is 30.9 Å². The number of anilines is 2. The largest absolute Gasteiger partial charge is 0.472 e. The fourth-order valence-electron chi connectivity index (χ4n) is 3.24. The van der Waals surface area contributed by atoms with Crippen molar-refractivity contribution in [1.29, 1.82) is 0 Å². The Morgan fingerprint density at radius 2 is 1.81 bits per heavy atom. The summed E-state index contributed by atoms with van der Waals surface area (Å²) in [7, 11) is 0. The average molecular weight is 422 g/mol. The number of aliphatic hydroxyl groups is 2. The lowest BCUT2D eigenvalue weighted by atomic mass is 10.1. The minimum Gasteiger partial charge on any atom is -0.472 e. The summed E-state index contributed by atoms with van der Waals surface area (Å²) in [5, 5.41) is 29.6. The molecule has 0 aliphatic carbocycles. The van der Waals surface area contributed by atoms with Crippen LogP contribution in [0, 0.1) is 0 Å². The number of nitrogens with one attached hydrogen (secondary N) is 2. The van der Waals surface area contributed by atoms with Gasteiger partial charge in [0.05, 0.1) is 38.0 Å². The van der Waals surface area contributed by atoms with Crippen LogP contribution in [0.4, 0.5) is 11.9 Å². The summed E-state index contributed by atoms with van der Waals surface area (Å²) in [6.45, 7) is 4.23. The summed E-state index contributed by atoms with van der Waals surface area (Å²) in [5.41, 5.74) is 4.87. The Labute approximate surface area is 179 Å². The molecule has 0 spiro atoms. The van der Waals surface area contributed by atoms with Crippen molar-refractivity contribution >= 4 is 17.5 Å². The molecule has 0 aliphatic heterocycles.